The first-order valence-electron chi connectivity index (χ1n) is 7.67. The summed E-state index contributed by atoms with van der Waals surface area (Å²) in [5, 5.41) is 0.492. The first-order valence-corrected chi connectivity index (χ1v) is 8.49. The molecule has 124 valence electrons. The number of hydrogen-bond acceptors (Lipinski definition) is 6. The number of carbonyl (C=O) groups excluding carboxylic acids is 1. The molecule has 7 heteroatoms. The van der Waals surface area contributed by atoms with Crippen LogP contribution in [-0.4, -0.2) is 27.1 Å². The van der Waals surface area contributed by atoms with E-state index in [1.54, 1.807) is 24.6 Å². The van der Waals surface area contributed by atoms with Crippen LogP contribution >= 0.6 is 11.3 Å². The van der Waals surface area contributed by atoms with Gasteiger partial charge < -0.3 is 4.74 Å². The highest BCUT2D eigenvalue weighted by molar-refractivity contribution is 7.20. The van der Waals surface area contributed by atoms with E-state index in [0.29, 0.717) is 40.2 Å². The van der Waals surface area contributed by atoms with Crippen molar-refractivity contribution in [3.8, 4) is 0 Å². The van der Waals surface area contributed by atoms with Crippen LogP contribution in [0.3, 0.4) is 0 Å². The fourth-order valence-corrected chi connectivity index (χ4v) is 3.52. The number of esters is 1. The van der Waals surface area contributed by atoms with Gasteiger partial charge in [-0.05, 0) is 31.5 Å². The number of carbonyl (C=O) groups is 1. The van der Waals surface area contributed by atoms with Crippen LogP contribution in [0.4, 0.5) is 0 Å². The zero-order valence-corrected chi connectivity index (χ0v) is 14.3. The minimum absolute atomic E-state index is 0.139. The zero-order chi connectivity index (χ0) is 17.1. The molecule has 0 saturated carbocycles. The fourth-order valence-electron chi connectivity index (χ4n) is 2.49. The fraction of sp³-hybridized carbons (Fsp3) is 0.294. The van der Waals surface area contributed by atoms with Crippen LogP contribution in [0, 0.1) is 6.92 Å². The quantitative estimate of drug-likeness (QED) is 0.666. The number of hydrogen-bond donors (Lipinski definition) is 0. The lowest BCUT2D eigenvalue weighted by molar-refractivity contribution is 0.0531. The second-order valence-electron chi connectivity index (χ2n) is 5.27. The van der Waals surface area contributed by atoms with Crippen LogP contribution in [0.25, 0.3) is 10.2 Å². The maximum Gasteiger partial charge on any atom is 0.348 e. The maximum absolute atomic E-state index is 12.7. The minimum atomic E-state index is -0.405. The van der Waals surface area contributed by atoms with E-state index in [-0.39, 0.29) is 5.56 Å². The lowest BCUT2D eigenvalue weighted by Gasteiger charge is -2.05. The Bertz CT molecular complexity index is 931. The van der Waals surface area contributed by atoms with E-state index >= 15 is 0 Å². The molecule has 3 heterocycles. The Morgan fingerprint density at radius 1 is 1.33 bits per heavy atom. The van der Waals surface area contributed by atoms with E-state index in [0.717, 1.165) is 5.69 Å². The van der Waals surface area contributed by atoms with Crippen LogP contribution in [0.1, 0.15) is 27.9 Å². The molecule has 3 rings (SSSR count). The highest BCUT2D eigenvalue weighted by Crippen LogP contribution is 2.27. The van der Waals surface area contributed by atoms with Crippen molar-refractivity contribution in [3.63, 3.8) is 0 Å². The molecular weight excluding hydrogens is 326 g/mol. The highest BCUT2D eigenvalue weighted by Gasteiger charge is 2.20. The van der Waals surface area contributed by atoms with Crippen molar-refractivity contribution in [1.82, 2.24) is 14.5 Å². The molecule has 0 saturated heterocycles. The third-order valence-corrected chi connectivity index (χ3v) is 4.89. The van der Waals surface area contributed by atoms with Crippen LogP contribution in [0.5, 0.6) is 0 Å². The normalized spacial score (nSPS) is 10.9. The Labute approximate surface area is 142 Å². The van der Waals surface area contributed by atoms with Gasteiger partial charge in [0.25, 0.3) is 5.56 Å². The summed E-state index contributed by atoms with van der Waals surface area (Å²) in [6, 6.07) is 5.70. The Hall–Kier alpha value is -2.54. The molecule has 6 nitrogen and oxygen atoms in total. The molecule has 0 unspecified atom stereocenters. The molecule has 0 bridgehead atoms. The van der Waals surface area contributed by atoms with E-state index < -0.39 is 5.97 Å². The van der Waals surface area contributed by atoms with Gasteiger partial charge in [0.05, 0.1) is 18.3 Å². The molecule has 0 spiro atoms. The van der Waals surface area contributed by atoms with Crippen molar-refractivity contribution in [2.75, 3.05) is 6.61 Å². The van der Waals surface area contributed by atoms with Crippen LogP contribution in [-0.2, 0) is 17.7 Å². The van der Waals surface area contributed by atoms with Crippen LogP contribution in [0.2, 0.25) is 0 Å². The number of rotatable bonds is 5. The molecule has 0 atom stereocenters. The van der Waals surface area contributed by atoms with Gasteiger partial charge in [0.1, 0.15) is 9.71 Å². The SMILES string of the molecule is CCOC(=O)c1sc2ncn(CCc3ccccn3)c(=O)c2c1C. The monoisotopic (exact) mass is 343 g/mol. The number of nitrogens with zero attached hydrogens (tertiary/aromatic N) is 3. The van der Waals surface area contributed by atoms with Crippen LogP contribution < -0.4 is 5.56 Å². The molecule has 0 aliphatic rings. The lowest BCUT2D eigenvalue weighted by atomic mass is 10.2. The Balaban J connectivity index is 1.94. The van der Waals surface area contributed by atoms with E-state index in [2.05, 4.69) is 9.97 Å². The average molecular weight is 343 g/mol. The van der Waals surface area contributed by atoms with Gasteiger partial charge in [-0.15, -0.1) is 11.3 Å². The smallest absolute Gasteiger partial charge is 0.348 e. The van der Waals surface area contributed by atoms with E-state index in [9.17, 15) is 9.59 Å². The molecule has 0 amide bonds. The molecule has 3 aromatic rings. The molecule has 0 N–H and O–H groups in total. The van der Waals surface area contributed by atoms with Crippen molar-refractivity contribution in [3.05, 3.63) is 57.2 Å². The first-order chi connectivity index (χ1) is 11.6. The number of ether oxygens (including phenoxy) is 1. The van der Waals surface area contributed by atoms with Gasteiger partial charge in [-0.3, -0.25) is 14.3 Å². The molecule has 24 heavy (non-hydrogen) atoms. The van der Waals surface area contributed by atoms with Gasteiger partial charge in [-0.1, -0.05) is 6.07 Å². The molecule has 0 radical (unpaired) electrons. The van der Waals surface area contributed by atoms with E-state index in [1.165, 1.54) is 17.7 Å². The number of aryl methyl sites for hydroxylation is 3. The van der Waals surface area contributed by atoms with Crippen molar-refractivity contribution < 1.29 is 9.53 Å². The molecule has 0 aliphatic carbocycles. The lowest BCUT2D eigenvalue weighted by Crippen LogP contribution is -2.21. The topological polar surface area (TPSA) is 74.1 Å². The standard InChI is InChI=1S/C17H17N3O3S/c1-3-23-17(22)14-11(2)13-15(24-14)19-10-20(16(13)21)9-7-12-6-4-5-8-18-12/h4-6,8,10H,3,7,9H2,1-2H3. The molecule has 0 aromatic carbocycles. The average Bonchev–Trinajstić information content (AvgIpc) is 2.93. The highest BCUT2D eigenvalue weighted by atomic mass is 32.1. The molecule has 0 fully saturated rings. The van der Waals surface area contributed by atoms with Crippen molar-refractivity contribution >= 4 is 27.5 Å². The molecule has 3 aromatic heterocycles. The third kappa shape index (κ3) is 3.07. The van der Waals surface area contributed by atoms with Gasteiger partial charge in [0.2, 0.25) is 0 Å². The number of thiophene rings is 1. The summed E-state index contributed by atoms with van der Waals surface area (Å²) in [5.41, 5.74) is 1.41. The van der Waals surface area contributed by atoms with Gasteiger partial charge in [-0.2, -0.15) is 0 Å². The second kappa shape index (κ2) is 6.92. The van der Waals surface area contributed by atoms with E-state index in [1.807, 2.05) is 18.2 Å². The summed E-state index contributed by atoms with van der Waals surface area (Å²) in [4.78, 5) is 34.3. The number of fused-ring (bicyclic) bond motifs is 1. The summed E-state index contributed by atoms with van der Waals surface area (Å²) in [6.45, 7) is 4.30. The van der Waals surface area contributed by atoms with Gasteiger partial charge in [0.15, 0.2) is 0 Å². The Kier molecular flexibility index (Phi) is 4.71. The summed E-state index contributed by atoms with van der Waals surface area (Å²) >= 11 is 1.20. The zero-order valence-electron chi connectivity index (χ0n) is 13.5. The number of pyridine rings is 1. The van der Waals surface area contributed by atoms with E-state index in [4.69, 9.17) is 4.74 Å². The maximum atomic E-state index is 12.7. The summed E-state index contributed by atoms with van der Waals surface area (Å²) in [5.74, 6) is -0.405. The van der Waals surface area contributed by atoms with Gasteiger partial charge >= 0.3 is 5.97 Å². The predicted molar refractivity (Wildman–Crippen MR) is 92.5 cm³/mol. The van der Waals surface area contributed by atoms with Gasteiger partial charge in [-0.25, -0.2) is 9.78 Å². The summed E-state index contributed by atoms with van der Waals surface area (Å²) in [7, 11) is 0. The largest absolute Gasteiger partial charge is 0.462 e. The van der Waals surface area contributed by atoms with Crippen molar-refractivity contribution in [1.29, 1.82) is 0 Å². The summed E-state index contributed by atoms with van der Waals surface area (Å²) in [6.07, 6.45) is 3.90. The predicted octanol–water partition coefficient (Wildman–Crippen LogP) is 2.58. The van der Waals surface area contributed by atoms with Crippen LogP contribution in [0.15, 0.2) is 35.5 Å². The Morgan fingerprint density at radius 2 is 2.17 bits per heavy atom. The van der Waals surface area contributed by atoms with Crippen molar-refractivity contribution in [2.24, 2.45) is 0 Å². The Morgan fingerprint density at radius 3 is 2.88 bits per heavy atom. The van der Waals surface area contributed by atoms with Gasteiger partial charge in [0, 0.05) is 24.9 Å². The first kappa shape index (κ1) is 16.3. The minimum Gasteiger partial charge on any atom is -0.462 e. The van der Waals surface area contributed by atoms with Crippen molar-refractivity contribution in [2.45, 2.75) is 26.8 Å². The molecule has 0 aliphatic heterocycles. The third-order valence-electron chi connectivity index (χ3n) is 3.71. The second-order valence-corrected chi connectivity index (χ2v) is 6.27. The summed E-state index contributed by atoms with van der Waals surface area (Å²) < 4.78 is 6.60. The number of aromatic nitrogens is 3. The molecular formula is C17H17N3O3S.